The van der Waals surface area contributed by atoms with E-state index in [1.54, 1.807) is 18.1 Å². The van der Waals surface area contributed by atoms with Gasteiger partial charge in [-0.2, -0.15) is 5.10 Å². The van der Waals surface area contributed by atoms with Crippen LogP contribution in [0.15, 0.2) is 34.4 Å². The summed E-state index contributed by atoms with van der Waals surface area (Å²) >= 11 is 7.10. The molecule has 1 atom stereocenters. The molecule has 1 saturated heterocycles. The zero-order chi connectivity index (χ0) is 26.5. The van der Waals surface area contributed by atoms with Crippen LogP contribution in [0, 0.1) is 6.92 Å². The molecule has 0 bridgehead atoms. The molecule has 5 rings (SSSR count). The number of aryl methyl sites for hydroxylation is 1. The number of amidine groups is 1. The molecule has 37 heavy (non-hydrogen) atoms. The van der Waals surface area contributed by atoms with Crippen LogP contribution in [0.4, 0.5) is 10.5 Å². The molecular formula is C27H31ClN6O3. The van der Waals surface area contributed by atoms with E-state index in [4.69, 9.17) is 21.1 Å². The first-order valence-corrected chi connectivity index (χ1v) is 12.6. The Balaban J connectivity index is 1.58. The fraction of sp³-hybridized carbons (Fsp3) is 0.407. The van der Waals surface area contributed by atoms with Gasteiger partial charge in [0.25, 0.3) is 0 Å². The Bertz CT molecular complexity index is 1420. The Morgan fingerprint density at radius 1 is 1.30 bits per heavy atom. The number of amides is 1. The summed E-state index contributed by atoms with van der Waals surface area (Å²) in [5.74, 6) is 1.23. The number of halogens is 1. The van der Waals surface area contributed by atoms with Crippen molar-refractivity contribution in [2.75, 3.05) is 33.3 Å². The van der Waals surface area contributed by atoms with E-state index in [-0.39, 0.29) is 12.1 Å². The van der Waals surface area contributed by atoms with Crippen LogP contribution in [0.2, 0.25) is 5.02 Å². The number of H-pyrrole nitrogens is 1. The third-order valence-electron chi connectivity index (χ3n) is 6.73. The molecule has 1 fully saturated rings. The summed E-state index contributed by atoms with van der Waals surface area (Å²) < 4.78 is 12.0. The van der Waals surface area contributed by atoms with E-state index < -0.39 is 5.60 Å². The fourth-order valence-electron chi connectivity index (χ4n) is 5.10. The van der Waals surface area contributed by atoms with Gasteiger partial charge in [0.1, 0.15) is 18.0 Å². The molecule has 1 N–H and O–H groups in total. The molecule has 3 aromatic rings. The highest BCUT2D eigenvalue weighted by Gasteiger charge is 2.39. The molecule has 0 spiro atoms. The number of fused-ring (bicyclic) bond motifs is 3. The number of nitrogens with one attached hydrogen (secondary N) is 1. The van der Waals surface area contributed by atoms with Crippen LogP contribution in [-0.4, -0.2) is 83.6 Å². The fourth-order valence-corrected chi connectivity index (χ4v) is 5.39. The molecule has 9 nitrogen and oxygen atoms in total. The van der Waals surface area contributed by atoms with E-state index >= 15 is 0 Å². The first kappa shape index (κ1) is 25.1. The molecule has 0 unspecified atom stereocenters. The number of hydrogen-bond acceptors (Lipinski definition) is 6. The van der Waals surface area contributed by atoms with E-state index in [1.165, 1.54) is 0 Å². The molecule has 0 saturated carbocycles. The summed E-state index contributed by atoms with van der Waals surface area (Å²) in [6.45, 7) is 13.3. The monoisotopic (exact) mass is 522 g/mol. The average molecular weight is 523 g/mol. The third-order valence-corrected chi connectivity index (χ3v) is 7.11. The number of ether oxygens (including phenoxy) is 2. The van der Waals surface area contributed by atoms with E-state index in [1.807, 2.05) is 45.9 Å². The van der Waals surface area contributed by atoms with Crippen molar-refractivity contribution in [3.8, 4) is 16.9 Å². The Morgan fingerprint density at radius 2 is 2.08 bits per heavy atom. The molecule has 2 aliphatic heterocycles. The van der Waals surface area contributed by atoms with Gasteiger partial charge in [0.2, 0.25) is 0 Å². The van der Waals surface area contributed by atoms with Crippen LogP contribution in [-0.2, 0) is 4.74 Å². The molecule has 0 aliphatic carbocycles. The number of aromatic amines is 1. The maximum Gasteiger partial charge on any atom is 0.410 e. The molecule has 10 heteroatoms. The number of piperazine rings is 1. The van der Waals surface area contributed by atoms with Gasteiger partial charge >= 0.3 is 6.09 Å². The SMILES string of the molecule is C=Nc1cc(-c2c(C)ccc3[nH]ncc23)c(Cl)c2c1C(=NC)N1CCN(C(=O)OC(C)(C)C)C[C@@H]1CO2. The standard InChI is InChI=1S/C27H31ClN6O3/c1-15-7-8-19-18(12-31-32-19)21(15)17-11-20(29-5)22-24(23(17)28)36-14-16-13-33(26(35)37-27(2,3)4)9-10-34(16)25(22)30-6/h7-8,11-12,16H,5,9-10,13-14H2,1-4,6H3,(H,31,32)/t16-/m1/s1. The number of carbonyl (C=O) groups excluding carboxylic acids is 1. The highest BCUT2D eigenvalue weighted by Crippen LogP contribution is 2.47. The summed E-state index contributed by atoms with van der Waals surface area (Å²) in [7, 11) is 1.74. The molecule has 3 heterocycles. The van der Waals surface area contributed by atoms with Crippen LogP contribution < -0.4 is 4.74 Å². The lowest BCUT2D eigenvalue weighted by Crippen LogP contribution is -2.58. The van der Waals surface area contributed by atoms with Gasteiger partial charge in [-0.3, -0.25) is 15.1 Å². The van der Waals surface area contributed by atoms with Crippen LogP contribution in [0.5, 0.6) is 5.75 Å². The van der Waals surface area contributed by atoms with Crippen LogP contribution >= 0.6 is 11.6 Å². The minimum absolute atomic E-state index is 0.136. The largest absolute Gasteiger partial charge is 0.489 e. The van der Waals surface area contributed by atoms with Gasteiger partial charge in [-0.1, -0.05) is 17.7 Å². The van der Waals surface area contributed by atoms with Gasteiger partial charge in [-0.25, -0.2) is 4.79 Å². The molecular weight excluding hydrogens is 492 g/mol. The van der Waals surface area contributed by atoms with Crippen molar-refractivity contribution in [3.05, 3.63) is 40.5 Å². The van der Waals surface area contributed by atoms with Gasteiger partial charge in [0, 0.05) is 37.6 Å². The van der Waals surface area contributed by atoms with E-state index in [2.05, 4.69) is 31.8 Å². The minimum atomic E-state index is -0.565. The Morgan fingerprint density at radius 3 is 2.78 bits per heavy atom. The second-order valence-electron chi connectivity index (χ2n) is 10.3. The zero-order valence-electron chi connectivity index (χ0n) is 21.8. The van der Waals surface area contributed by atoms with Crippen molar-refractivity contribution in [1.29, 1.82) is 0 Å². The van der Waals surface area contributed by atoms with Crippen LogP contribution in [0.25, 0.3) is 22.0 Å². The Hall–Kier alpha value is -3.59. The van der Waals surface area contributed by atoms with E-state index in [9.17, 15) is 4.79 Å². The van der Waals surface area contributed by atoms with Crippen molar-refractivity contribution in [2.24, 2.45) is 9.98 Å². The van der Waals surface area contributed by atoms with Gasteiger partial charge < -0.3 is 19.3 Å². The predicted molar refractivity (Wildman–Crippen MR) is 147 cm³/mol. The third kappa shape index (κ3) is 4.41. The molecule has 1 aromatic heterocycles. The van der Waals surface area contributed by atoms with Crippen molar-refractivity contribution < 1.29 is 14.3 Å². The van der Waals surface area contributed by atoms with Crippen molar-refractivity contribution in [2.45, 2.75) is 39.3 Å². The summed E-state index contributed by atoms with van der Waals surface area (Å²) in [6, 6.07) is 5.83. The highest BCUT2D eigenvalue weighted by molar-refractivity contribution is 6.36. The number of carbonyl (C=O) groups is 1. The van der Waals surface area contributed by atoms with Crippen molar-refractivity contribution in [1.82, 2.24) is 20.0 Å². The quantitative estimate of drug-likeness (QED) is 0.466. The number of hydrogen-bond donors (Lipinski definition) is 1. The highest BCUT2D eigenvalue weighted by atomic mass is 35.5. The lowest BCUT2D eigenvalue weighted by Gasteiger charge is -2.41. The predicted octanol–water partition coefficient (Wildman–Crippen LogP) is 5.21. The number of aromatic nitrogens is 2. The van der Waals surface area contributed by atoms with E-state index in [0.29, 0.717) is 48.3 Å². The Kier molecular flexibility index (Phi) is 6.35. The normalized spacial score (nSPS) is 18.8. The lowest BCUT2D eigenvalue weighted by atomic mass is 9.94. The smallest absolute Gasteiger partial charge is 0.410 e. The summed E-state index contributed by atoms with van der Waals surface area (Å²) in [4.78, 5) is 25.7. The zero-order valence-corrected chi connectivity index (χ0v) is 22.5. The maximum absolute atomic E-state index is 12.8. The molecule has 2 aromatic carbocycles. The lowest BCUT2D eigenvalue weighted by molar-refractivity contribution is 0.00910. The first-order chi connectivity index (χ1) is 17.6. The minimum Gasteiger partial charge on any atom is -0.489 e. The average Bonchev–Trinajstić information content (AvgIpc) is 3.26. The summed E-state index contributed by atoms with van der Waals surface area (Å²) in [5.41, 5.74) is 4.48. The van der Waals surface area contributed by atoms with Gasteiger partial charge in [0.15, 0.2) is 5.75 Å². The van der Waals surface area contributed by atoms with Crippen LogP contribution in [0.3, 0.4) is 0 Å². The van der Waals surface area contributed by atoms with Gasteiger partial charge in [-0.15, -0.1) is 0 Å². The molecule has 2 aliphatic rings. The number of nitrogens with zero attached hydrogens (tertiary/aromatic N) is 5. The van der Waals surface area contributed by atoms with Crippen LogP contribution in [0.1, 0.15) is 31.9 Å². The summed E-state index contributed by atoms with van der Waals surface area (Å²) in [5, 5.41) is 8.68. The maximum atomic E-state index is 12.8. The molecule has 194 valence electrons. The number of benzene rings is 2. The second kappa shape index (κ2) is 9.37. The number of aliphatic imine (C=N–C) groups is 2. The topological polar surface area (TPSA) is 95.4 Å². The first-order valence-electron chi connectivity index (χ1n) is 12.2. The molecule has 1 amide bonds. The Labute approximate surface area is 221 Å². The number of rotatable bonds is 2. The summed E-state index contributed by atoms with van der Waals surface area (Å²) in [6.07, 6.45) is 1.47. The molecule has 0 radical (unpaired) electrons. The van der Waals surface area contributed by atoms with Gasteiger partial charge in [0.05, 0.1) is 34.0 Å². The van der Waals surface area contributed by atoms with Crippen molar-refractivity contribution >= 4 is 46.8 Å². The van der Waals surface area contributed by atoms with Gasteiger partial charge in [-0.05, 0) is 57.7 Å². The second-order valence-corrected chi connectivity index (χ2v) is 10.7. The van der Waals surface area contributed by atoms with E-state index in [0.717, 1.165) is 33.4 Å². The van der Waals surface area contributed by atoms with Crippen molar-refractivity contribution in [3.63, 3.8) is 0 Å².